The maximum Gasteiger partial charge on any atom is 0.263 e. The molecule has 1 aromatic heterocycles. The second kappa shape index (κ2) is 8.53. The molecular formula is C21H22N4O3S2. The van der Waals surface area contributed by atoms with Gasteiger partial charge >= 0.3 is 0 Å². The number of hydrogen-bond donors (Lipinski definition) is 2. The maximum absolute atomic E-state index is 12.2. The first-order chi connectivity index (χ1) is 14.4. The van der Waals surface area contributed by atoms with Gasteiger partial charge in [0.1, 0.15) is 5.84 Å². The number of aliphatic imine (C=N–C) groups is 1. The molecule has 0 saturated carbocycles. The summed E-state index contributed by atoms with van der Waals surface area (Å²) in [6.45, 7) is 2.48. The van der Waals surface area contributed by atoms with E-state index in [0.717, 1.165) is 40.2 Å². The van der Waals surface area contributed by atoms with Crippen LogP contribution in [0.15, 0.2) is 52.4 Å². The summed E-state index contributed by atoms with van der Waals surface area (Å²) in [4.78, 5) is 21.3. The van der Waals surface area contributed by atoms with Crippen molar-refractivity contribution in [3.63, 3.8) is 0 Å². The Hall–Kier alpha value is -2.78. The monoisotopic (exact) mass is 442 g/mol. The van der Waals surface area contributed by atoms with Gasteiger partial charge in [0.2, 0.25) is 5.91 Å². The number of amides is 1. The first-order valence-electron chi connectivity index (χ1n) is 9.76. The van der Waals surface area contributed by atoms with Crippen LogP contribution >= 0.6 is 11.3 Å². The van der Waals surface area contributed by atoms with Crippen molar-refractivity contribution in [2.75, 3.05) is 11.9 Å². The third-order valence-electron chi connectivity index (χ3n) is 4.77. The van der Waals surface area contributed by atoms with E-state index in [-0.39, 0.29) is 10.8 Å². The minimum absolute atomic E-state index is 0.0145. The van der Waals surface area contributed by atoms with Gasteiger partial charge in [-0.1, -0.05) is 18.6 Å². The Kier molecular flexibility index (Phi) is 5.83. The van der Waals surface area contributed by atoms with Gasteiger partial charge in [-0.2, -0.15) is 0 Å². The van der Waals surface area contributed by atoms with Crippen molar-refractivity contribution in [2.24, 2.45) is 4.99 Å². The van der Waals surface area contributed by atoms with Gasteiger partial charge in [0.05, 0.1) is 20.1 Å². The van der Waals surface area contributed by atoms with Crippen molar-refractivity contribution in [2.45, 2.75) is 37.5 Å². The molecule has 0 saturated heterocycles. The molecule has 1 aliphatic heterocycles. The molecule has 0 atom stereocenters. The van der Waals surface area contributed by atoms with Crippen LogP contribution in [-0.2, 0) is 14.8 Å². The smallest absolute Gasteiger partial charge is 0.263 e. The number of unbranched alkanes of at least 4 members (excludes halogenated alkanes) is 2. The van der Waals surface area contributed by atoms with E-state index in [4.69, 9.17) is 0 Å². The van der Waals surface area contributed by atoms with Gasteiger partial charge < -0.3 is 5.32 Å². The molecule has 0 radical (unpaired) electrons. The number of rotatable bonds is 7. The number of anilines is 1. The highest BCUT2D eigenvalue weighted by atomic mass is 32.2. The number of benzene rings is 2. The van der Waals surface area contributed by atoms with Crippen molar-refractivity contribution < 1.29 is 13.2 Å². The van der Waals surface area contributed by atoms with Crippen LogP contribution in [0, 0.1) is 6.92 Å². The van der Waals surface area contributed by atoms with Crippen molar-refractivity contribution >= 4 is 49.0 Å². The predicted octanol–water partition coefficient (Wildman–Crippen LogP) is 3.84. The first kappa shape index (κ1) is 20.5. The number of hydrogen-bond acceptors (Lipinski definition) is 6. The van der Waals surface area contributed by atoms with E-state index in [1.54, 1.807) is 35.6 Å². The van der Waals surface area contributed by atoms with E-state index < -0.39 is 10.0 Å². The summed E-state index contributed by atoms with van der Waals surface area (Å²) in [5.41, 5.74) is 2.35. The molecule has 1 amide bonds. The topological polar surface area (TPSA) is 101 Å². The minimum Gasteiger partial charge on any atom is -0.326 e. The van der Waals surface area contributed by atoms with E-state index in [0.29, 0.717) is 24.4 Å². The number of thiazole rings is 1. The first-order valence-corrected chi connectivity index (χ1v) is 12.1. The molecule has 0 fully saturated rings. The maximum atomic E-state index is 12.2. The molecule has 9 heteroatoms. The fourth-order valence-corrected chi connectivity index (χ4v) is 5.47. The number of carbonyl (C=O) groups is 1. The Morgan fingerprint density at radius 3 is 2.87 bits per heavy atom. The number of aromatic nitrogens is 1. The molecule has 7 nitrogen and oxygen atoms in total. The normalized spacial score (nSPS) is 15.8. The molecule has 30 heavy (non-hydrogen) atoms. The third-order valence-corrected chi connectivity index (χ3v) is 7.10. The van der Waals surface area contributed by atoms with Crippen molar-refractivity contribution in [3.05, 3.63) is 53.0 Å². The van der Waals surface area contributed by atoms with Crippen molar-refractivity contribution in [3.8, 4) is 0 Å². The van der Waals surface area contributed by atoms with Crippen LogP contribution < -0.4 is 10.0 Å². The van der Waals surface area contributed by atoms with E-state index in [1.807, 2.05) is 25.1 Å². The van der Waals surface area contributed by atoms with Crippen LogP contribution in [0.5, 0.6) is 0 Å². The van der Waals surface area contributed by atoms with E-state index in [9.17, 15) is 13.2 Å². The predicted molar refractivity (Wildman–Crippen MR) is 120 cm³/mol. The second-order valence-corrected chi connectivity index (χ2v) is 9.99. The van der Waals surface area contributed by atoms with Crippen LogP contribution in [0.3, 0.4) is 0 Å². The van der Waals surface area contributed by atoms with Gasteiger partial charge in [-0.3, -0.25) is 14.5 Å². The average molecular weight is 443 g/mol. The van der Waals surface area contributed by atoms with Crippen LogP contribution in [0.1, 0.15) is 36.3 Å². The fourth-order valence-electron chi connectivity index (χ4n) is 3.36. The Morgan fingerprint density at radius 1 is 1.17 bits per heavy atom. The summed E-state index contributed by atoms with van der Waals surface area (Å²) < 4.78 is 27.7. The average Bonchev–Trinajstić information content (AvgIpc) is 3.20. The number of nitrogens with one attached hydrogen (secondary N) is 2. The molecule has 2 N–H and O–H groups in total. The zero-order valence-corrected chi connectivity index (χ0v) is 18.1. The zero-order chi connectivity index (χ0) is 21.1. The number of amidine groups is 1. The molecule has 156 valence electrons. The molecule has 0 aliphatic carbocycles. The Balaban J connectivity index is 1.22. The number of nitrogens with zero attached hydrogens (tertiary/aromatic N) is 2. The van der Waals surface area contributed by atoms with Gasteiger partial charge in [-0.05, 0) is 50.1 Å². The van der Waals surface area contributed by atoms with Gasteiger partial charge in [0.25, 0.3) is 10.0 Å². The molecule has 3 aromatic rings. The Labute approximate surface area is 179 Å². The van der Waals surface area contributed by atoms with Crippen LogP contribution in [0.25, 0.3) is 10.2 Å². The number of fused-ring (bicyclic) bond motifs is 2. The molecule has 2 heterocycles. The highest BCUT2D eigenvalue weighted by Crippen LogP contribution is 2.25. The molecule has 1 aliphatic rings. The van der Waals surface area contributed by atoms with Crippen molar-refractivity contribution in [1.29, 1.82) is 0 Å². The lowest BCUT2D eigenvalue weighted by molar-refractivity contribution is -0.116. The van der Waals surface area contributed by atoms with Gasteiger partial charge in [-0.25, -0.2) is 13.4 Å². The molecule has 0 unspecified atom stereocenters. The van der Waals surface area contributed by atoms with Gasteiger partial charge in [0.15, 0.2) is 0 Å². The summed E-state index contributed by atoms with van der Waals surface area (Å²) >= 11 is 1.61. The van der Waals surface area contributed by atoms with Crippen LogP contribution in [0.2, 0.25) is 0 Å². The standard InChI is InChI=1S/C21H22N4O3S2/c1-14-23-17-11-10-15(13-18(17)29-14)24-20(26)9-3-2-6-12-22-21-16-7-4-5-8-19(16)30(27,28)25-21/h4-5,7-8,10-11,13H,2-3,6,9,12H2,1H3,(H,22,25)(H,24,26). The summed E-state index contributed by atoms with van der Waals surface area (Å²) in [7, 11) is -3.49. The molecule has 4 rings (SSSR count). The number of carbonyl (C=O) groups excluding carboxylic acids is 1. The Bertz CT molecular complexity index is 1230. The summed E-state index contributed by atoms with van der Waals surface area (Å²) in [6.07, 6.45) is 2.81. The summed E-state index contributed by atoms with van der Waals surface area (Å²) in [5, 5.41) is 3.94. The van der Waals surface area contributed by atoms with E-state index >= 15 is 0 Å². The minimum atomic E-state index is -3.49. The lowest BCUT2D eigenvalue weighted by atomic mass is 10.1. The Morgan fingerprint density at radius 2 is 2.00 bits per heavy atom. The van der Waals surface area contributed by atoms with E-state index in [1.165, 1.54) is 0 Å². The third kappa shape index (κ3) is 4.52. The quantitative estimate of drug-likeness (QED) is 0.543. The van der Waals surface area contributed by atoms with E-state index in [2.05, 4.69) is 20.0 Å². The zero-order valence-electron chi connectivity index (χ0n) is 16.5. The van der Waals surface area contributed by atoms with Gasteiger partial charge in [0, 0.05) is 24.2 Å². The van der Waals surface area contributed by atoms with Crippen molar-refractivity contribution in [1.82, 2.24) is 9.71 Å². The largest absolute Gasteiger partial charge is 0.326 e. The molecule has 0 bridgehead atoms. The van der Waals surface area contributed by atoms with Gasteiger partial charge in [-0.15, -0.1) is 11.3 Å². The lowest BCUT2D eigenvalue weighted by Gasteiger charge is -2.05. The highest BCUT2D eigenvalue weighted by molar-refractivity contribution is 7.90. The SMILES string of the molecule is Cc1nc2ccc(NC(=O)CCCCCN=C3NS(=O)(=O)c4ccccc43)cc2s1. The highest BCUT2D eigenvalue weighted by Gasteiger charge is 2.29. The van der Waals surface area contributed by atoms with Crippen LogP contribution in [0.4, 0.5) is 5.69 Å². The lowest BCUT2D eigenvalue weighted by Crippen LogP contribution is -2.22. The number of sulfonamides is 1. The van der Waals surface area contributed by atoms with Crippen LogP contribution in [-0.4, -0.2) is 31.7 Å². The molecular weight excluding hydrogens is 420 g/mol. The second-order valence-electron chi connectivity index (χ2n) is 7.11. The number of aryl methyl sites for hydroxylation is 1. The molecule has 2 aromatic carbocycles. The molecule has 0 spiro atoms. The summed E-state index contributed by atoms with van der Waals surface area (Å²) in [6, 6.07) is 12.6. The fraction of sp³-hybridized carbons (Fsp3) is 0.286. The summed E-state index contributed by atoms with van der Waals surface area (Å²) in [5.74, 6) is 0.386.